The van der Waals surface area contributed by atoms with E-state index in [0.29, 0.717) is 19.1 Å². The van der Waals surface area contributed by atoms with Crippen molar-refractivity contribution in [2.75, 3.05) is 19.8 Å². The molecule has 1 aromatic carbocycles. The van der Waals surface area contributed by atoms with Crippen molar-refractivity contribution in [2.45, 2.75) is 32.7 Å². The van der Waals surface area contributed by atoms with E-state index in [-0.39, 0.29) is 6.67 Å². The third kappa shape index (κ3) is 4.35. The molecule has 17 heavy (non-hydrogen) atoms. The Bertz CT molecular complexity index is 317. The summed E-state index contributed by atoms with van der Waals surface area (Å²) < 4.78 is 17.7. The van der Waals surface area contributed by atoms with E-state index in [2.05, 4.69) is 25.2 Å². The van der Waals surface area contributed by atoms with Gasteiger partial charge in [-0.15, -0.1) is 0 Å². The average molecular weight is 239 g/mol. The maximum absolute atomic E-state index is 12.0. The number of nitrogens with one attached hydrogen (secondary N) is 1. The molecule has 0 bridgehead atoms. The molecule has 3 heteroatoms. The summed E-state index contributed by atoms with van der Waals surface area (Å²) >= 11 is 0. The van der Waals surface area contributed by atoms with Crippen molar-refractivity contribution in [1.82, 2.24) is 5.32 Å². The van der Waals surface area contributed by atoms with E-state index in [9.17, 15) is 4.39 Å². The van der Waals surface area contributed by atoms with Crippen LogP contribution in [0.3, 0.4) is 0 Å². The lowest BCUT2D eigenvalue weighted by Gasteiger charge is -2.19. The van der Waals surface area contributed by atoms with Gasteiger partial charge < -0.3 is 10.1 Å². The van der Waals surface area contributed by atoms with Gasteiger partial charge in [-0.25, -0.2) is 0 Å². The fourth-order valence-corrected chi connectivity index (χ4v) is 1.86. The van der Waals surface area contributed by atoms with Crippen molar-refractivity contribution in [3.8, 4) is 5.75 Å². The van der Waals surface area contributed by atoms with Gasteiger partial charge in [0.05, 0.1) is 13.3 Å². The van der Waals surface area contributed by atoms with Gasteiger partial charge >= 0.3 is 0 Å². The van der Waals surface area contributed by atoms with Gasteiger partial charge in [-0.2, -0.15) is 0 Å². The van der Waals surface area contributed by atoms with Crippen molar-refractivity contribution in [3.05, 3.63) is 29.8 Å². The first kappa shape index (κ1) is 14.0. The molecule has 2 nitrogen and oxygen atoms in total. The molecule has 96 valence electrons. The van der Waals surface area contributed by atoms with E-state index >= 15 is 0 Å². The number of hydrogen-bond donors (Lipinski definition) is 1. The standard InChI is InChI=1S/C14H22FNO/c1-3-13(16-4-2)12-8-5-6-9-14(12)17-11-7-10-15/h5-6,8-9,13,16H,3-4,7,10-11H2,1-2H3. The van der Waals surface area contributed by atoms with Crippen LogP contribution in [0.4, 0.5) is 4.39 Å². The number of rotatable bonds is 8. The summed E-state index contributed by atoms with van der Waals surface area (Å²) in [5.74, 6) is 0.869. The Morgan fingerprint density at radius 3 is 2.71 bits per heavy atom. The average Bonchev–Trinajstić information content (AvgIpc) is 2.37. The van der Waals surface area contributed by atoms with E-state index in [0.717, 1.165) is 24.3 Å². The lowest BCUT2D eigenvalue weighted by Crippen LogP contribution is -2.20. The summed E-state index contributed by atoms with van der Waals surface area (Å²) in [7, 11) is 0. The van der Waals surface area contributed by atoms with Crippen LogP contribution in [0.2, 0.25) is 0 Å². The molecule has 0 fully saturated rings. The molecule has 1 unspecified atom stereocenters. The van der Waals surface area contributed by atoms with Gasteiger partial charge in [0.1, 0.15) is 5.75 Å². The van der Waals surface area contributed by atoms with Crippen molar-refractivity contribution in [3.63, 3.8) is 0 Å². The highest BCUT2D eigenvalue weighted by atomic mass is 19.1. The minimum Gasteiger partial charge on any atom is -0.493 e. The molecule has 0 radical (unpaired) electrons. The van der Waals surface area contributed by atoms with Gasteiger partial charge in [-0.05, 0) is 19.0 Å². The third-order valence-electron chi connectivity index (χ3n) is 2.69. The van der Waals surface area contributed by atoms with E-state index in [1.54, 1.807) is 0 Å². The topological polar surface area (TPSA) is 21.3 Å². The van der Waals surface area contributed by atoms with Crippen LogP contribution in [-0.2, 0) is 0 Å². The van der Waals surface area contributed by atoms with E-state index in [1.807, 2.05) is 18.2 Å². The first-order valence-corrected chi connectivity index (χ1v) is 6.34. The maximum Gasteiger partial charge on any atom is 0.124 e. The van der Waals surface area contributed by atoms with Crippen LogP contribution in [0.1, 0.15) is 38.3 Å². The highest BCUT2D eigenvalue weighted by molar-refractivity contribution is 5.35. The fraction of sp³-hybridized carbons (Fsp3) is 0.571. The predicted molar refractivity (Wildman–Crippen MR) is 69.2 cm³/mol. The lowest BCUT2D eigenvalue weighted by molar-refractivity contribution is 0.284. The van der Waals surface area contributed by atoms with E-state index in [4.69, 9.17) is 4.74 Å². The molecule has 0 saturated heterocycles. The van der Waals surface area contributed by atoms with Crippen LogP contribution < -0.4 is 10.1 Å². The maximum atomic E-state index is 12.0. The van der Waals surface area contributed by atoms with Crippen LogP contribution in [0.15, 0.2) is 24.3 Å². The van der Waals surface area contributed by atoms with Gasteiger partial charge in [0, 0.05) is 18.0 Å². The normalized spacial score (nSPS) is 12.4. The molecule has 0 saturated carbocycles. The molecule has 0 aliphatic heterocycles. The minimum absolute atomic E-state index is 0.307. The van der Waals surface area contributed by atoms with Gasteiger partial charge in [-0.1, -0.05) is 32.0 Å². The minimum atomic E-state index is -0.327. The highest BCUT2D eigenvalue weighted by Crippen LogP contribution is 2.27. The van der Waals surface area contributed by atoms with Gasteiger partial charge in [0.15, 0.2) is 0 Å². The van der Waals surface area contributed by atoms with Gasteiger partial charge in [0.2, 0.25) is 0 Å². The number of alkyl halides is 1. The van der Waals surface area contributed by atoms with Crippen molar-refractivity contribution in [1.29, 1.82) is 0 Å². The second-order valence-corrected chi connectivity index (χ2v) is 3.95. The zero-order valence-electron chi connectivity index (χ0n) is 10.7. The summed E-state index contributed by atoms with van der Waals surface area (Å²) in [6.45, 7) is 5.28. The first-order chi connectivity index (χ1) is 8.33. The quantitative estimate of drug-likeness (QED) is 0.701. The summed E-state index contributed by atoms with van der Waals surface area (Å²) in [6.07, 6.45) is 1.46. The molecule has 0 heterocycles. The molecule has 0 aliphatic rings. The van der Waals surface area contributed by atoms with Crippen molar-refractivity contribution >= 4 is 0 Å². The molecule has 0 aliphatic carbocycles. The Hall–Kier alpha value is -1.09. The number of halogens is 1. The zero-order chi connectivity index (χ0) is 12.5. The highest BCUT2D eigenvalue weighted by Gasteiger charge is 2.12. The first-order valence-electron chi connectivity index (χ1n) is 6.34. The molecular weight excluding hydrogens is 217 g/mol. The van der Waals surface area contributed by atoms with Gasteiger partial charge in [-0.3, -0.25) is 4.39 Å². The summed E-state index contributed by atoms with van der Waals surface area (Å²) in [4.78, 5) is 0. The Morgan fingerprint density at radius 1 is 1.29 bits per heavy atom. The van der Waals surface area contributed by atoms with Crippen LogP contribution >= 0.6 is 0 Å². The molecule has 1 rings (SSSR count). The number of hydrogen-bond acceptors (Lipinski definition) is 2. The lowest BCUT2D eigenvalue weighted by atomic mass is 10.0. The Labute approximate surface area is 103 Å². The summed E-state index contributed by atoms with van der Waals surface area (Å²) in [5.41, 5.74) is 1.16. The van der Waals surface area contributed by atoms with Crippen LogP contribution in [-0.4, -0.2) is 19.8 Å². The Morgan fingerprint density at radius 2 is 2.06 bits per heavy atom. The monoisotopic (exact) mass is 239 g/mol. The predicted octanol–water partition coefficient (Wildman–Crippen LogP) is 3.49. The Balaban J connectivity index is 2.74. The molecule has 0 aromatic heterocycles. The smallest absolute Gasteiger partial charge is 0.124 e. The second kappa shape index (κ2) is 8.07. The summed E-state index contributed by atoms with van der Waals surface area (Å²) in [5, 5.41) is 3.43. The molecule has 1 N–H and O–H groups in total. The van der Waals surface area contributed by atoms with Gasteiger partial charge in [0.25, 0.3) is 0 Å². The van der Waals surface area contributed by atoms with Crippen molar-refractivity contribution < 1.29 is 9.13 Å². The second-order valence-electron chi connectivity index (χ2n) is 3.95. The van der Waals surface area contributed by atoms with Crippen LogP contribution in [0.5, 0.6) is 5.75 Å². The molecule has 0 amide bonds. The van der Waals surface area contributed by atoms with E-state index < -0.39 is 0 Å². The molecular formula is C14H22FNO. The van der Waals surface area contributed by atoms with Crippen LogP contribution in [0.25, 0.3) is 0 Å². The Kier molecular flexibility index (Phi) is 6.63. The fourth-order valence-electron chi connectivity index (χ4n) is 1.86. The number of para-hydroxylation sites is 1. The van der Waals surface area contributed by atoms with Crippen molar-refractivity contribution in [2.24, 2.45) is 0 Å². The SMILES string of the molecule is CCNC(CC)c1ccccc1OCCCF. The van der Waals surface area contributed by atoms with E-state index in [1.165, 1.54) is 0 Å². The molecule has 1 aromatic rings. The largest absolute Gasteiger partial charge is 0.493 e. The number of benzene rings is 1. The zero-order valence-corrected chi connectivity index (χ0v) is 10.7. The van der Waals surface area contributed by atoms with Crippen LogP contribution in [0, 0.1) is 0 Å². The molecule has 0 spiro atoms. The molecule has 1 atom stereocenters. The number of ether oxygens (including phenoxy) is 1. The summed E-state index contributed by atoms with van der Waals surface area (Å²) in [6, 6.07) is 8.29. The third-order valence-corrected chi connectivity index (χ3v) is 2.69.